The van der Waals surface area contributed by atoms with Crippen molar-refractivity contribution in [2.75, 3.05) is 39.3 Å². The first-order valence-corrected chi connectivity index (χ1v) is 14.2. The van der Waals surface area contributed by atoms with Gasteiger partial charge >= 0.3 is 12.2 Å². The maximum Gasteiger partial charge on any atom is 0.435 e. The number of hydrogen-bond donors (Lipinski definition) is 2. The smallest absolute Gasteiger partial charge is 0.333 e. The number of nitrogens with one attached hydrogen (secondary N) is 1. The summed E-state index contributed by atoms with van der Waals surface area (Å²) < 4.78 is 68.9. The Morgan fingerprint density at radius 2 is 1.97 bits per heavy atom. The number of carbonyl (C=O) groups is 1. The van der Waals surface area contributed by atoms with Crippen molar-refractivity contribution < 1.29 is 26.4 Å². The summed E-state index contributed by atoms with van der Waals surface area (Å²) >= 11 is 5.14. The number of halogens is 3. The lowest BCUT2D eigenvalue weighted by Crippen LogP contribution is -2.43. The first-order chi connectivity index (χ1) is 16.9. The fraction of sp³-hybridized carbons (Fsp3) is 0.619. The van der Waals surface area contributed by atoms with Gasteiger partial charge in [-0.15, -0.1) is 11.3 Å². The van der Waals surface area contributed by atoms with Crippen molar-refractivity contribution in [2.45, 2.75) is 43.1 Å². The highest BCUT2D eigenvalue weighted by Crippen LogP contribution is 2.36. The van der Waals surface area contributed by atoms with Crippen LogP contribution in [0.15, 0.2) is 22.4 Å². The standard InChI is InChI=1S/C21H31F3N6O3S3/c1-4-28(5-2)10-6-11-30(34)20(31)25-15-9-12-29(14-15)36(32,33)19-8-7-17(35-19)16-13-18(21(22,23)24)26-27(16)3/h7-8,13,15,34H,4-6,9-12,14H2,1-3H3,(H,25,31). The van der Waals surface area contributed by atoms with Gasteiger partial charge in [-0.1, -0.05) is 26.7 Å². The van der Waals surface area contributed by atoms with E-state index in [9.17, 15) is 26.4 Å². The number of thiol groups is 1. The molecule has 1 aliphatic rings. The Balaban J connectivity index is 1.59. The molecule has 0 spiro atoms. The summed E-state index contributed by atoms with van der Waals surface area (Å²) in [6, 6.07) is 3.01. The van der Waals surface area contributed by atoms with E-state index >= 15 is 0 Å². The Kier molecular flexibility index (Phi) is 9.36. The largest absolute Gasteiger partial charge is 0.435 e. The van der Waals surface area contributed by atoms with Crippen LogP contribution in [0.2, 0.25) is 0 Å². The second-order valence-corrected chi connectivity index (χ2v) is 12.2. The van der Waals surface area contributed by atoms with Gasteiger partial charge in [-0.05, 0) is 50.7 Å². The van der Waals surface area contributed by atoms with Crippen LogP contribution in [0.3, 0.4) is 0 Å². The topological polar surface area (TPSA) is 90.8 Å². The number of aryl methyl sites for hydroxylation is 1. The molecule has 3 heterocycles. The molecule has 202 valence electrons. The SMILES string of the molecule is CCN(CC)CCCN(S)C(=O)NC1CCN(S(=O)(=O)c2ccc(-c3cc(C(F)(F)F)nn3C)s2)C1. The van der Waals surface area contributed by atoms with Crippen LogP contribution in [-0.4, -0.2) is 83.1 Å². The minimum absolute atomic E-state index is 0.0199. The molecule has 1 fully saturated rings. The highest BCUT2D eigenvalue weighted by molar-refractivity contribution is 7.91. The average molecular weight is 569 g/mol. The van der Waals surface area contributed by atoms with Crippen LogP contribution in [0.25, 0.3) is 10.6 Å². The Bertz CT molecular complexity index is 1150. The second-order valence-electron chi connectivity index (χ2n) is 8.46. The maximum atomic E-state index is 13.1. The number of carbonyl (C=O) groups excluding carboxylic acids is 1. The van der Waals surface area contributed by atoms with E-state index in [1.54, 1.807) is 0 Å². The summed E-state index contributed by atoms with van der Waals surface area (Å²) in [5, 5.41) is 6.31. The van der Waals surface area contributed by atoms with Crippen LogP contribution in [0.5, 0.6) is 0 Å². The lowest BCUT2D eigenvalue weighted by molar-refractivity contribution is -0.141. The molecule has 1 saturated heterocycles. The highest BCUT2D eigenvalue weighted by Gasteiger charge is 2.36. The van der Waals surface area contributed by atoms with E-state index in [-0.39, 0.29) is 35.1 Å². The average Bonchev–Trinajstić information content (AvgIpc) is 3.56. The highest BCUT2D eigenvalue weighted by atomic mass is 32.2. The van der Waals surface area contributed by atoms with Crippen LogP contribution < -0.4 is 5.32 Å². The number of urea groups is 1. The predicted octanol–water partition coefficient (Wildman–Crippen LogP) is 3.52. The Morgan fingerprint density at radius 3 is 2.58 bits per heavy atom. The van der Waals surface area contributed by atoms with Crippen LogP contribution >= 0.6 is 24.2 Å². The second kappa shape index (κ2) is 11.7. The number of thiophene rings is 1. The first-order valence-electron chi connectivity index (χ1n) is 11.6. The zero-order chi connectivity index (χ0) is 26.7. The maximum absolute atomic E-state index is 13.1. The molecule has 0 aliphatic carbocycles. The third kappa shape index (κ3) is 6.73. The molecule has 2 aromatic rings. The number of sulfonamides is 1. The molecule has 2 amide bonds. The van der Waals surface area contributed by atoms with Crippen LogP contribution in [0.4, 0.5) is 18.0 Å². The third-order valence-corrected chi connectivity index (χ3v) is 9.87. The molecule has 0 aromatic carbocycles. The Morgan fingerprint density at radius 1 is 1.28 bits per heavy atom. The quantitative estimate of drug-likeness (QED) is 0.428. The number of rotatable bonds is 10. The normalized spacial score (nSPS) is 17.2. The van der Waals surface area contributed by atoms with Gasteiger partial charge in [-0.3, -0.25) is 8.99 Å². The van der Waals surface area contributed by atoms with Gasteiger partial charge in [0.15, 0.2) is 5.69 Å². The van der Waals surface area contributed by atoms with Gasteiger partial charge in [-0.2, -0.15) is 22.6 Å². The molecule has 1 N–H and O–H groups in total. The van der Waals surface area contributed by atoms with E-state index in [2.05, 4.69) is 42.0 Å². The molecule has 15 heteroatoms. The summed E-state index contributed by atoms with van der Waals surface area (Å²) in [5.74, 6) is 0. The van der Waals surface area contributed by atoms with Crippen LogP contribution in [0.1, 0.15) is 32.4 Å². The summed E-state index contributed by atoms with van der Waals surface area (Å²) in [6.07, 6.45) is -3.38. The fourth-order valence-corrected chi connectivity index (χ4v) is 7.17. The molecule has 1 aliphatic heterocycles. The van der Waals surface area contributed by atoms with Gasteiger partial charge in [0.1, 0.15) is 4.21 Å². The summed E-state index contributed by atoms with van der Waals surface area (Å²) in [4.78, 5) is 15.1. The van der Waals surface area contributed by atoms with Crippen molar-refractivity contribution in [3.63, 3.8) is 0 Å². The summed E-state index contributed by atoms with van der Waals surface area (Å²) in [7, 11) is -2.49. The number of amides is 2. The van der Waals surface area contributed by atoms with E-state index < -0.39 is 21.9 Å². The summed E-state index contributed by atoms with van der Waals surface area (Å²) in [6.45, 7) is 7.66. The van der Waals surface area contributed by atoms with Gasteiger partial charge in [0.05, 0.1) is 10.6 Å². The lowest BCUT2D eigenvalue weighted by atomic mass is 10.3. The monoisotopic (exact) mass is 568 g/mol. The molecule has 3 rings (SSSR count). The molecule has 0 saturated carbocycles. The van der Waals surface area contributed by atoms with Crippen molar-refractivity contribution in [3.8, 4) is 10.6 Å². The molecule has 2 aromatic heterocycles. The number of hydrogen-bond acceptors (Lipinski definition) is 7. The molecule has 9 nitrogen and oxygen atoms in total. The molecular weight excluding hydrogens is 537 g/mol. The molecule has 1 atom stereocenters. The first kappa shape index (κ1) is 28.8. The van der Waals surface area contributed by atoms with E-state index in [1.807, 2.05) is 0 Å². The van der Waals surface area contributed by atoms with E-state index in [0.717, 1.165) is 48.1 Å². The van der Waals surface area contributed by atoms with Crippen molar-refractivity contribution in [2.24, 2.45) is 7.05 Å². The Labute approximate surface area is 218 Å². The summed E-state index contributed by atoms with van der Waals surface area (Å²) in [5.41, 5.74) is -0.863. The van der Waals surface area contributed by atoms with E-state index in [4.69, 9.17) is 0 Å². The molecular formula is C21H31F3N6O3S3. The van der Waals surface area contributed by atoms with Crippen LogP contribution in [0, 0.1) is 0 Å². The number of aromatic nitrogens is 2. The molecule has 0 bridgehead atoms. The van der Waals surface area contributed by atoms with Gasteiger partial charge in [0.25, 0.3) is 10.0 Å². The van der Waals surface area contributed by atoms with Crippen molar-refractivity contribution in [1.29, 1.82) is 0 Å². The third-order valence-electron chi connectivity index (χ3n) is 6.05. The zero-order valence-corrected chi connectivity index (χ0v) is 22.9. The van der Waals surface area contributed by atoms with Crippen LogP contribution in [-0.2, 0) is 23.2 Å². The van der Waals surface area contributed by atoms with Crippen molar-refractivity contribution >= 4 is 40.2 Å². The molecule has 1 unspecified atom stereocenters. The van der Waals surface area contributed by atoms with E-state index in [0.29, 0.717) is 17.8 Å². The minimum Gasteiger partial charge on any atom is -0.333 e. The number of alkyl halides is 3. The molecule has 0 radical (unpaired) electrons. The number of nitrogens with zero attached hydrogens (tertiary/aromatic N) is 5. The molecule has 36 heavy (non-hydrogen) atoms. The minimum atomic E-state index is -4.59. The van der Waals surface area contributed by atoms with Crippen molar-refractivity contribution in [1.82, 2.24) is 28.6 Å². The van der Waals surface area contributed by atoms with Gasteiger partial charge in [0, 0.05) is 32.7 Å². The fourth-order valence-electron chi connectivity index (χ4n) is 3.96. The van der Waals surface area contributed by atoms with Gasteiger partial charge in [0.2, 0.25) is 0 Å². The van der Waals surface area contributed by atoms with Crippen molar-refractivity contribution in [3.05, 3.63) is 23.9 Å². The van der Waals surface area contributed by atoms with E-state index in [1.165, 1.54) is 27.8 Å². The van der Waals surface area contributed by atoms with Gasteiger partial charge in [-0.25, -0.2) is 13.2 Å². The predicted molar refractivity (Wildman–Crippen MR) is 135 cm³/mol. The lowest BCUT2D eigenvalue weighted by Gasteiger charge is -2.22. The Hall–Kier alpha value is -1.81. The zero-order valence-electron chi connectivity index (χ0n) is 20.3. The van der Waals surface area contributed by atoms with Gasteiger partial charge < -0.3 is 10.2 Å².